The van der Waals surface area contributed by atoms with Crippen LogP contribution in [0.15, 0.2) is 18.2 Å². The molecule has 0 heterocycles. The Labute approximate surface area is 77.8 Å². The molecule has 0 unspecified atom stereocenters. The molecule has 0 amide bonds. The van der Waals surface area contributed by atoms with Crippen LogP contribution in [0.2, 0.25) is 0 Å². The molecule has 68 valence electrons. The molecule has 0 aromatic heterocycles. The summed E-state index contributed by atoms with van der Waals surface area (Å²) in [7, 11) is 0. The van der Waals surface area contributed by atoms with Crippen LogP contribution in [0.25, 0.3) is 0 Å². The van der Waals surface area contributed by atoms with E-state index < -0.39 is 0 Å². The summed E-state index contributed by atoms with van der Waals surface area (Å²) in [6.45, 7) is -0.143. The summed E-state index contributed by atoms with van der Waals surface area (Å²) in [5.41, 5.74) is 1.59. The van der Waals surface area contributed by atoms with E-state index in [2.05, 4.69) is 5.92 Å². The molecule has 0 aliphatic heterocycles. The van der Waals surface area contributed by atoms with E-state index in [0.29, 0.717) is 12.0 Å². The van der Waals surface area contributed by atoms with Gasteiger partial charge in [0.05, 0.1) is 6.61 Å². The Hall–Kier alpha value is -1.46. The molecule has 0 fully saturated rings. The Morgan fingerprint density at radius 3 is 2.77 bits per heavy atom. The Morgan fingerprint density at radius 1 is 1.38 bits per heavy atom. The number of aliphatic hydroxyl groups excluding tert-OH is 1. The van der Waals surface area contributed by atoms with E-state index in [1.807, 2.05) is 6.07 Å². The number of rotatable bonds is 3. The zero-order chi connectivity index (χ0) is 9.68. The third-order valence-electron chi connectivity index (χ3n) is 1.87. The molecule has 2 heteroatoms. The van der Waals surface area contributed by atoms with Gasteiger partial charge in [-0.05, 0) is 24.1 Å². The standard InChI is InChI=1S/C11H12O2/c1-2-3-4-9-5-6-11(13)10(7-9)8-12/h1,5-7,12-13H,3-4,8H2. The summed E-state index contributed by atoms with van der Waals surface area (Å²) < 4.78 is 0. The molecule has 0 radical (unpaired) electrons. The minimum absolute atomic E-state index is 0.131. The van der Waals surface area contributed by atoms with Gasteiger partial charge in [-0.2, -0.15) is 0 Å². The second-order valence-electron chi connectivity index (χ2n) is 2.83. The van der Waals surface area contributed by atoms with Crippen molar-refractivity contribution in [1.82, 2.24) is 0 Å². The second kappa shape index (κ2) is 4.54. The van der Waals surface area contributed by atoms with E-state index in [1.54, 1.807) is 12.1 Å². The van der Waals surface area contributed by atoms with Gasteiger partial charge in [0.1, 0.15) is 5.75 Å². The van der Waals surface area contributed by atoms with Crippen molar-refractivity contribution in [3.63, 3.8) is 0 Å². The lowest BCUT2D eigenvalue weighted by atomic mass is 10.1. The second-order valence-corrected chi connectivity index (χ2v) is 2.83. The highest BCUT2D eigenvalue weighted by Crippen LogP contribution is 2.18. The predicted octanol–water partition coefficient (Wildman–Crippen LogP) is 1.45. The number of benzene rings is 1. The molecule has 1 aromatic rings. The number of aliphatic hydroxyl groups is 1. The van der Waals surface area contributed by atoms with E-state index in [1.165, 1.54) is 0 Å². The van der Waals surface area contributed by atoms with E-state index in [-0.39, 0.29) is 12.4 Å². The van der Waals surface area contributed by atoms with Crippen LogP contribution in [0, 0.1) is 12.3 Å². The molecule has 1 rings (SSSR count). The van der Waals surface area contributed by atoms with Crippen molar-refractivity contribution < 1.29 is 10.2 Å². The zero-order valence-corrected chi connectivity index (χ0v) is 7.33. The van der Waals surface area contributed by atoms with Gasteiger partial charge in [0.25, 0.3) is 0 Å². The fourth-order valence-corrected chi connectivity index (χ4v) is 1.14. The van der Waals surface area contributed by atoms with Gasteiger partial charge in [-0.1, -0.05) is 6.07 Å². The van der Waals surface area contributed by atoms with Crippen LogP contribution in [0.5, 0.6) is 5.75 Å². The molecular weight excluding hydrogens is 164 g/mol. The average molecular weight is 176 g/mol. The molecule has 0 saturated heterocycles. The van der Waals surface area contributed by atoms with Crippen molar-refractivity contribution in [3.8, 4) is 18.1 Å². The number of terminal acetylenes is 1. The molecule has 0 spiro atoms. The molecule has 13 heavy (non-hydrogen) atoms. The monoisotopic (exact) mass is 176 g/mol. The molecule has 1 aromatic carbocycles. The van der Waals surface area contributed by atoms with Crippen LogP contribution in [0.1, 0.15) is 17.5 Å². The van der Waals surface area contributed by atoms with Gasteiger partial charge in [-0.25, -0.2) is 0 Å². The predicted molar refractivity (Wildman–Crippen MR) is 51.2 cm³/mol. The first-order valence-corrected chi connectivity index (χ1v) is 4.13. The van der Waals surface area contributed by atoms with Crippen LogP contribution < -0.4 is 0 Å². The average Bonchev–Trinajstić information content (AvgIpc) is 2.16. The lowest BCUT2D eigenvalue weighted by Crippen LogP contribution is -1.89. The Balaban J connectivity index is 2.81. The van der Waals surface area contributed by atoms with E-state index in [0.717, 1.165) is 12.0 Å². The highest BCUT2D eigenvalue weighted by Gasteiger charge is 2.00. The maximum atomic E-state index is 9.26. The normalized spacial score (nSPS) is 9.54. The number of aromatic hydroxyl groups is 1. The number of hydrogen-bond acceptors (Lipinski definition) is 2. The van der Waals surface area contributed by atoms with Crippen molar-refractivity contribution in [2.24, 2.45) is 0 Å². The molecular formula is C11H12O2. The minimum atomic E-state index is -0.143. The summed E-state index contributed by atoms with van der Waals surface area (Å²) >= 11 is 0. The van der Waals surface area contributed by atoms with Crippen molar-refractivity contribution in [2.45, 2.75) is 19.4 Å². The van der Waals surface area contributed by atoms with Gasteiger partial charge < -0.3 is 10.2 Å². The number of hydrogen-bond donors (Lipinski definition) is 2. The van der Waals surface area contributed by atoms with Gasteiger partial charge in [0.2, 0.25) is 0 Å². The van der Waals surface area contributed by atoms with Crippen LogP contribution in [-0.2, 0) is 13.0 Å². The van der Waals surface area contributed by atoms with Crippen LogP contribution >= 0.6 is 0 Å². The fourth-order valence-electron chi connectivity index (χ4n) is 1.14. The molecule has 0 bridgehead atoms. The first-order chi connectivity index (χ1) is 6.27. The maximum absolute atomic E-state index is 9.26. The third kappa shape index (κ3) is 2.50. The Bertz CT molecular complexity index is 323. The van der Waals surface area contributed by atoms with Gasteiger partial charge in [0.15, 0.2) is 0 Å². The molecule has 2 N–H and O–H groups in total. The Kier molecular flexibility index (Phi) is 3.36. The highest BCUT2D eigenvalue weighted by atomic mass is 16.3. The van der Waals surface area contributed by atoms with Crippen molar-refractivity contribution >= 4 is 0 Å². The largest absolute Gasteiger partial charge is 0.508 e. The smallest absolute Gasteiger partial charge is 0.121 e. The first kappa shape index (κ1) is 9.63. The molecule has 0 atom stereocenters. The lowest BCUT2D eigenvalue weighted by molar-refractivity contribution is 0.275. The third-order valence-corrected chi connectivity index (χ3v) is 1.87. The summed E-state index contributed by atoms with van der Waals surface area (Å²) in [6.07, 6.45) is 6.59. The van der Waals surface area contributed by atoms with Crippen molar-refractivity contribution in [2.75, 3.05) is 0 Å². The number of aryl methyl sites for hydroxylation is 1. The topological polar surface area (TPSA) is 40.5 Å². The molecule has 2 nitrogen and oxygen atoms in total. The van der Waals surface area contributed by atoms with Crippen LogP contribution in [0.4, 0.5) is 0 Å². The maximum Gasteiger partial charge on any atom is 0.121 e. The summed E-state index contributed by atoms with van der Waals surface area (Å²) in [5, 5.41) is 18.1. The van der Waals surface area contributed by atoms with Crippen molar-refractivity contribution in [1.29, 1.82) is 0 Å². The SMILES string of the molecule is C#CCCc1ccc(O)c(CO)c1. The highest BCUT2D eigenvalue weighted by molar-refractivity contribution is 5.35. The molecule has 0 aliphatic rings. The fraction of sp³-hybridized carbons (Fsp3) is 0.273. The van der Waals surface area contributed by atoms with Crippen molar-refractivity contribution in [3.05, 3.63) is 29.3 Å². The van der Waals surface area contributed by atoms with Crippen LogP contribution in [0.3, 0.4) is 0 Å². The molecule has 0 saturated carbocycles. The summed E-state index contributed by atoms with van der Waals surface area (Å²) in [6, 6.07) is 5.16. The van der Waals surface area contributed by atoms with E-state index in [9.17, 15) is 5.11 Å². The zero-order valence-electron chi connectivity index (χ0n) is 7.33. The Morgan fingerprint density at radius 2 is 2.15 bits per heavy atom. The minimum Gasteiger partial charge on any atom is -0.508 e. The van der Waals surface area contributed by atoms with Gasteiger partial charge >= 0.3 is 0 Å². The lowest BCUT2D eigenvalue weighted by Gasteiger charge is -2.03. The van der Waals surface area contributed by atoms with Gasteiger partial charge in [-0.3, -0.25) is 0 Å². The number of phenols is 1. The van der Waals surface area contributed by atoms with Gasteiger partial charge in [-0.15, -0.1) is 12.3 Å². The van der Waals surface area contributed by atoms with Crippen LogP contribution in [-0.4, -0.2) is 10.2 Å². The van der Waals surface area contributed by atoms with E-state index in [4.69, 9.17) is 11.5 Å². The van der Waals surface area contributed by atoms with Gasteiger partial charge in [0, 0.05) is 12.0 Å². The quantitative estimate of drug-likeness (QED) is 0.684. The molecule has 0 aliphatic carbocycles. The first-order valence-electron chi connectivity index (χ1n) is 4.13. The summed E-state index contributed by atoms with van der Waals surface area (Å²) in [5.74, 6) is 2.67. The van der Waals surface area contributed by atoms with E-state index >= 15 is 0 Å². The summed E-state index contributed by atoms with van der Waals surface area (Å²) in [4.78, 5) is 0.